The molecule has 0 rings (SSSR count). The number of hydrogen-bond donors (Lipinski definition) is 2. The number of carbonyl (C=O) groups is 1. The summed E-state index contributed by atoms with van der Waals surface area (Å²) < 4.78 is 0. The van der Waals surface area contributed by atoms with Crippen LogP contribution in [0.3, 0.4) is 0 Å². The molecule has 0 aromatic rings. The van der Waals surface area contributed by atoms with Crippen LogP contribution in [-0.2, 0) is 4.79 Å². The molecule has 0 aliphatic carbocycles. The molecule has 0 heterocycles. The topological polar surface area (TPSA) is 55.1 Å². The molecule has 0 unspecified atom stereocenters. The fourth-order valence-electron chi connectivity index (χ4n) is 1.01. The van der Waals surface area contributed by atoms with E-state index in [1.165, 1.54) is 6.42 Å². The van der Waals surface area contributed by atoms with Crippen molar-refractivity contribution in [1.29, 1.82) is 0 Å². The minimum atomic E-state index is -0.360. The summed E-state index contributed by atoms with van der Waals surface area (Å²) in [6, 6.07) is -0.360. The molecule has 3 N–H and O–H groups in total. The van der Waals surface area contributed by atoms with E-state index >= 15 is 0 Å². The lowest BCUT2D eigenvalue weighted by atomic mass is 10.1. The Morgan fingerprint density at radius 3 is 2.46 bits per heavy atom. The third-order valence-corrected chi connectivity index (χ3v) is 2.10. The monoisotopic (exact) mass is 186 g/mol. The van der Waals surface area contributed by atoms with Gasteiger partial charge in [-0.15, -0.1) is 0 Å². The Hall–Kier alpha value is -0.570. The van der Waals surface area contributed by atoms with Gasteiger partial charge in [0.15, 0.2) is 0 Å². The molecule has 3 nitrogen and oxygen atoms in total. The smallest absolute Gasteiger partial charge is 0.237 e. The van der Waals surface area contributed by atoms with Gasteiger partial charge in [0.1, 0.15) is 0 Å². The summed E-state index contributed by atoms with van der Waals surface area (Å²) in [7, 11) is 0. The van der Waals surface area contributed by atoms with Crippen LogP contribution in [0.5, 0.6) is 0 Å². The normalized spacial score (nSPS) is 13.0. The summed E-state index contributed by atoms with van der Waals surface area (Å²) in [5.41, 5.74) is 5.66. The van der Waals surface area contributed by atoms with Crippen LogP contribution in [0.1, 0.15) is 40.0 Å². The molecular formula is C10H22N2O. The number of unbranched alkanes of at least 4 members (excludes halogenated alkanes) is 2. The van der Waals surface area contributed by atoms with Crippen molar-refractivity contribution in [3.63, 3.8) is 0 Å². The van der Waals surface area contributed by atoms with Gasteiger partial charge in [-0.3, -0.25) is 4.79 Å². The largest absolute Gasteiger partial charge is 0.355 e. The number of rotatable bonds is 6. The molecule has 0 aromatic carbocycles. The number of carbonyl (C=O) groups excluding carboxylic acids is 1. The number of hydrogen-bond acceptors (Lipinski definition) is 2. The lowest BCUT2D eigenvalue weighted by Crippen LogP contribution is -2.44. The van der Waals surface area contributed by atoms with E-state index in [-0.39, 0.29) is 17.9 Å². The van der Waals surface area contributed by atoms with Crippen molar-refractivity contribution in [2.45, 2.75) is 46.1 Å². The zero-order valence-corrected chi connectivity index (χ0v) is 8.97. The average Bonchev–Trinajstić information content (AvgIpc) is 2.10. The molecule has 3 heteroatoms. The Morgan fingerprint density at radius 2 is 2.00 bits per heavy atom. The Kier molecular flexibility index (Phi) is 6.59. The van der Waals surface area contributed by atoms with E-state index in [1.54, 1.807) is 0 Å². The lowest BCUT2D eigenvalue weighted by Gasteiger charge is -2.14. The minimum Gasteiger partial charge on any atom is -0.355 e. The first-order chi connectivity index (χ1) is 6.09. The van der Waals surface area contributed by atoms with Crippen LogP contribution in [0.15, 0.2) is 0 Å². The highest BCUT2D eigenvalue weighted by atomic mass is 16.2. The van der Waals surface area contributed by atoms with Crippen molar-refractivity contribution in [1.82, 2.24) is 5.32 Å². The SMILES string of the molecule is CCCCCNC(=O)[C@H](N)C(C)C. The van der Waals surface area contributed by atoms with Gasteiger partial charge < -0.3 is 11.1 Å². The number of amides is 1. The Labute approximate surface area is 81.1 Å². The first kappa shape index (κ1) is 12.4. The van der Waals surface area contributed by atoms with Crippen LogP contribution in [-0.4, -0.2) is 18.5 Å². The predicted molar refractivity (Wildman–Crippen MR) is 55.3 cm³/mol. The first-order valence-electron chi connectivity index (χ1n) is 5.12. The third-order valence-electron chi connectivity index (χ3n) is 2.10. The molecule has 0 fully saturated rings. The van der Waals surface area contributed by atoms with Gasteiger partial charge in [0.2, 0.25) is 5.91 Å². The Balaban J connectivity index is 3.50. The fourth-order valence-corrected chi connectivity index (χ4v) is 1.01. The zero-order chi connectivity index (χ0) is 10.3. The first-order valence-corrected chi connectivity index (χ1v) is 5.12. The van der Waals surface area contributed by atoms with Crippen LogP contribution in [0, 0.1) is 5.92 Å². The maximum atomic E-state index is 11.3. The fraction of sp³-hybridized carbons (Fsp3) is 0.900. The summed E-state index contributed by atoms with van der Waals surface area (Å²) >= 11 is 0. The molecule has 1 amide bonds. The second-order valence-corrected chi connectivity index (χ2v) is 3.77. The van der Waals surface area contributed by atoms with Crippen LogP contribution >= 0.6 is 0 Å². The molecule has 0 bridgehead atoms. The molecule has 0 saturated carbocycles. The average molecular weight is 186 g/mol. The molecule has 0 radical (unpaired) electrons. The van der Waals surface area contributed by atoms with E-state index in [1.807, 2.05) is 13.8 Å². The molecule has 0 aliphatic heterocycles. The molecule has 78 valence electrons. The van der Waals surface area contributed by atoms with E-state index in [9.17, 15) is 4.79 Å². The second-order valence-electron chi connectivity index (χ2n) is 3.77. The van der Waals surface area contributed by atoms with Gasteiger partial charge in [-0.25, -0.2) is 0 Å². The quantitative estimate of drug-likeness (QED) is 0.614. The van der Waals surface area contributed by atoms with E-state index in [0.717, 1.165) is 19.4 Å². The van der Waals surface area contributed by atoms with Crippen LogP contribution in [0.25, 0.3) is 0 Å². The summed E-state index contributed by atoms with van der Waals surface area (Å²) in [4.78, 5) is 11.3. The van der Waals surface area contributed by atoms with E-state index in [0.29, 0.717) is 0 Å². The second kappa shape index (κ2) is 6.89. The minimum absolute atomic E-state index is 0.0221. The van der Waals surface area contributed by atoms with E-state index in [4.69, 9.17) is 5.73 Å². The predicted octanol–water partition coefficient (Wildman–Crippen LogP) is 1.28. The third kappa shape index (κ3) is 5.64. The molecule has 0 aromatic heterocycles. The summed E-state index contributed by atoms with van der Waals surface area (Å²) in [5, 5.41) is 2.83. The van der Waals surface area contributed by atoms with Crippen molar-refractivity contribution in [2.24, 2.45) is 11.7 Å². The number of nitrogens with one attached hydrogen (secondary N) is 1. The Morgan fingerprint density at radius 1 is 1.38 bits per heavy atom. The van der Waals surface area contributed by atoms with E-state index in [2.05, 4.69) is 12.2 Å². The van der Waals surface area contributed by atoms with Crippen molar-refractivity contribution in [3.8, 4) is 0 Å². The molecule has 0 spiro atoms. The Bertz CT molecular complexity index is 146. The van der Waals surface area contributed by atoms with Crippen LogP contribution in [0.2, 0.25) is 0 Å². The zero-order valence-electron chi connectivity index (χ0n) is 8.97. The van der Waals surface area contributed by atoms with E-state index < -0.39 is 0 Å². The maximum Gasteiger partial charge on any atom is 0.237 e. The van der Waals surface area contributed by atoms with Gasteiger partial charge in [0.05, 0.1) is 6.04 Å². The van der Waals surface area contributed by atoms with Gasteiger partial charge in [0, 0.05) is 6.54 Å². The van der Waals surface area contributed by atoms with Crippen LogP contribution < -0.4 is 11.1 Å². The van der Waals surface area contributed by atoms with Crippen molar-refractivity contribution in [2.75, 3.05) is 6.54 Å². The van der Waals surface area contributed by atoms with Gasteiger partial charge in [-0.05, 0) is 12.3 Å². The van der Waals surface area contributed by atoms with Gasteiger partial charge in [-0.2, -0.15) is 0 Å². The molecule has 13 heavy (non-hydrogen) atoms. The van der Waals surface area contributed by atoms with Crippen molar-refractivity contribution < 1.29 is 4.79 Å². The van der Waals surface area contributed by atoms with Gasteiger partial charge >= 0.3 is 0 Å². The highest BCUT2D eigenvalue weighted by molar-refractivity contribution is 5.81. The molecular weight excluding hydrogens is 164 g/mol. The molecule has 1 atom stereocenters. The highest BCUT2D eigenvalue weighted by Gasteiger charge is 2.15. The van der Waals surface area contributed by atoms with Gasteiger partial charge in [-0.1, -0.05) is 33.6 Å². The maximum absolute atomic E-state index is 11.3. The number of nitrogens with two attached hydrogens (primary N) is 1. The van der Waals surface area contributed by atoms with Crippen molar-refractivity contribution in [3.05, 3.63) is 0 Å². The standard InChI is InChI=1S/C10H22N2O/c1-4-5-6-7-12-10(13)9(11)8(2)3/h8-9H,4-7,11H2,1-3H3,(H,12,13)/t9-/m1/s1. The summed E-state index contributed by atoms with van der Waals surface area (Å²) in [6.45, 7) is 6.81. The van der Waals surface area contributed by atoms with Crippen LogP contribution in [0.4, 0.5) is 0 Å². The highest BCUT2D eigenvalue weighted by Crippen LogP contribution is 1.98. The van der Waals surface area contributed by atoms with Crippen molar-refractivity contribution >= 4 is 5.91 Å². The van der Waals surface area contributed by atoms with Gasteiger partial charge in [0.25, 0.3) is 0 Å². The molecule has 0 aliphatic rings. The molecule has 0 saturated heterocycles. The lowest BCUT2D eigenvalue weighted by molar-refractivity contribution is -0.123. The summed E-state index contributed by atoms with van der Waals surface area (Å²) in [5.74, 6) is 0.192. The summed E-state index contributed by atoms with van der Waals surface area (Å²) in [6.07, 6.45) is 3.39.